The van der Waals surface area contributed by atoms with Gasteiger partial charge in [-0.3, -0.25) is 4.57 Å². The van der Waals surface area contributed by atoms with Gasteiger partial charge >= 0.3 is 5.69 Å². The minimum atomic E-state index is -0.304. The molecule has 1 fully saturated rings. The maximum Gasteiger partial charge on any atom is 0.351 e. The lowest BCUT2D eigenvalue weighted by Crippen LogP contribution is -2.34. The molecule has 1 unspecified atom stereocenters. The highest BCUT2D eigenvalue weighted by Gasteiger charge is 2.20. The van der Waals surface area contributed by atoms with Crippen LogP contribution in [-0.2, 0) is 27.2 Å². The van der Waals surface area contributed by atoms with E-state index in [-0.39, 0.29) is 17.9 Å². The van der Waals surface area contributed by atoms with E-state index in [1.807, 2.05) is 25.1 Å². The molecule has 1 saturated heterocycles. The molecule has 4 rings (SSSR count). The van der Waals surface area contributed by atoms with E-state index in [4.69, 9.17) is 18.9 Å². The van der Waals surface area contributed by atoms with Crippen LogP contribution in [0.1, 0.15) is 18.1 Å². The Bertz CT molecular complexity index is 998. The van der Waals surface area contributed by atoms with Crippen molar-refractivity contribution in [3.05, 3.63) is 45.9 Å². The Labute approximate surface area is 169 Å². The zero-order chi connectivity index (χ0) is 20.2. The van der Waals surface area contributed by atoms with Gasteiger partial charge in [-0.25, -0.2) is 4.79 Å². The summed E-state index contributed by atoms with van der Waals surface area (Å²) in [4.78, 5) is 16.6. The van der Waals surface area contributed by atoms with E-state index in [2.05, 4.69) is 22.9 Å². The quantitative estimate of drug-likeness (QED) is 0.732. The van der Waals surface area contributed by atoms with Gasteiger partial charge in [-0.1, -0.05) is 17.9 Å². The van der Waals surface area contributed by atoms with E-state index in [0.717, 1.165) is 28.8 Å². The first kappa shape index (κ1) is 19.6. The van der Waals surface area contributed by atoms with Crippen molar-refractivity contribution in [1.29, 1.82) is 0 Å². The third-order valence-corrected chi connectivity index (χ3v) is 5.05. The molecule has 0 saturated carbocycles. The fourth-order valence-corrected chi connectivity index (χ4v) is 3.41. The molecule has 2 aromatic rings. The van der Waals surface area contributed by atoms with Crippen LogP contribution in [-0.4, -0.2) is 55.3 Å². The van der Waals surface area contributed by atoms with Gasteiger partial charge in [0, 0.05) is 30.8 Å². The summed E-state index contributed by atoms with van der Waals surface area (Å²) < 4.78 is 23.6. The average molecular weight is 396 g/mol. The summed E-state index contributed by atoms with van der Waals surface area (Å²) in [5, 5.41) is 0. The molecule has 1 aromatic heterocycles. The Balaban J connectivity index is 1.58. The van der Waals surface area contributed by atoms with Crippen LogP contribution in [0.3, 0.4) is 0 Å². The number of aromatic nitrogens is 2. The molecular weight excluding hydrogens is 372 g/mol. The van der Waals surface area contributed by atoms with E-state index in [9.17, 15) is 4.79 Å². The van der Waals surface area contributed by atoms with Crippen molar-refractivity contribution >= 4 is 0 Å². The maximum absolute atomic E-state index is 12.5. The standard InChI is InChI=1S/C22H24N2O5/c1-15(26-2)3-4-16-5-6-19-17(11-16)7-8-24-20(19)12-21(23-22(24)25)29-14-18-13-27-9-10-28-18/h5-6,11-12,15,18H,7-10,13-14H2,1-2H3/t15?,18-/m0/s1. The first-order chi connectivity index (χ1) is 14.1. The van der Waals surface area contributed by atoms with Crippen molar-refractivity contribution in [2.75, 3.05) is 33.5 Å². The topological polar surface area (TPSA) is 71.8 Å². The second-order valence-corrected chi connectivity index (χ2v) is 7.06. The predicted octanol–water partition coefficient (Wildman–Crippen LogP) is 1.65. The third-order valence-electron chi connectivity index (χ3n) is 5.05. The highest BCUT2D eigenvalue weighted by molar-refractivity contribution is 5.67. The van der Waals surface area contributed by atoms with Crippen LogP contribution in [0.25, 0.3) is 11.3 Å². The number of rotatable bonds is 4. The summed E-state index contributed by atoms with van der Waals surface area (Å²) >= 11 is 0. The number of hydrogen-bond acceptors (Lipinski definition) is 6. The lowest BCUT2D eigenvalue weighted by atomic mass is 9.95. The molecule has 7 heteroatoms. The van der Waals surface area contributed by atoms with Gasteiger partial charge in [0.2, 0.25) is 5.88 Å². The number of methoxy groups -OCH3 is 1. The summed E-state index contributed by atoms with van der Waals surface area (Å²) in [6.45, 7) is 4.43. The smallest absolute Gasteiger partial charge is 0.351 e. The fraction of sp³-hybridized carbons (Fsp3) is 0.455. The van der Waals surface area contributed by atoms with E-state index in [1.165, 1.54) is 0 Å². The van der Waals surface area contributed by atoms with Gasteiger partial charge in [-0.15, -0.1) is 0 Å². The van der Waals surface area contributed by atoms with Crippen LogP contribution < -0.4 is 10.4 Å². The second kappa shape index (κ2) is 8.78. The van der Waals surface area contributed by atoms with E-state index < -0.39 is 0 Å². The lowest BCUT2D eigenvalue weighted by Gasteiger charge is -2.24. The summed E-state index contributed by atoms with van der Waals surface area (Å²) in [6.07, 6.45) is 0.495. The molecule has 0 radical (unpaired) electrons. The molecule has 0 aliphatic carbocycles. The highest BCUT2D eigenvalue weighted by Crippen LogP contribution is 2.30. The summed E-state index contributed by atoms with van der Waals surface area (Å²) in [7, 11) is 1.64. The number of ether oxygens (including phenoxy) is 4. The molecule has 0 spiro atoms. The molecular formula is C22H24N2O5. The van der Waals surface area contributed by atoms with Crippen LogP contribution >= 0.6 is 0 Å². The van der Waals surface area contributed by atoms with Gasteiger partial charge in [-0.2, -0.15) is 4.98 Å². The number of hydrogen-bond donors (Lipinski definition) is 0. The second-order valence-electron chi connectivity index (χ2n) is 7.06. The molecule has 0 bridgehead atoms. The zero-order valence-electron chi connectivity index (χ0n) is 16.6. The van der Waals surface area contributed by atoms with Gasteiger partial charge in [0.15, 0.2) is 0 Å². The van der Waals surface area contributed by atoms with Crippen molar-refractivity contribution in [2.24, 2.45) is 0 Å². The van der Waals surface area contributed by atoms with Crippen LogP contribution in [0.5, 0.6) is 5.88 Å². The summed E-state index contributed by atoms with van der Waals surface area (Å²) in [5.41, 5.74) is 3.60. The molecule has 3 heterocycles. The van der Waals surface area contributed by atoms with Crippen molar-refractivity contribution in [2.45, 2.75) is 32.1 Å². The zero-order valence-corrected chi connectivity index (χ0v) is 16.6. The number of nitrogens with zero attached hydrogens (tertiary/aromatic N) is 2. The Kier molecular flexibility index (Phi) is 5.95. The minimum absolute atomic E-state index is 0.116. The predicted molar refractivity (Wildman–Crippen MR) is 107 cm³/mol. The molecule has 29 heavy (non-hydrogen) atoms. The molecule has 7 nitrogen and oxygen atoms in total. The molecule has 0 amide bonds. The summed E-state index contributed by atoms with van der Waals surface area (Å²) in [6, 6.07) is 7.86. The van der Waals surface area contributed by atoms with Gasteiger partial charge in [0.05, 0.1) is 25.5 Å². The van der Waals surface area contributed by atoms with Gasteiger partial charge in [0.1, 0.15) is 18.8 Å². The lowest BCUT2D eigenvalue weighted by molar-refractivity contribution is -0.102. The number of aryl methyl sites for hydroxylation is 1. The van der Waals surface area contributed by atoms with Gasteiger partial charge in [0.25, 0.3) is 0 Å². The molecule has 2 atom stereocenters. The van der Waals surface area contributed by atoms with Crippen LogP contribution in [0.4, 0.5) is 0 Å². The van der Waals surface area contributed by atoms with E-state index >= 15 is 0 Å². The molecule has 152 valence electrons. The first-order valence-corrected chi connectivity index (χ1v) is 9.75. The van der Waals surface area contributed by atoms with Crippen molar-refractivity contribution in [3.63, 3.8) is 0 Å². The Morgan fingerprint density at radius 1 is 1.34 bits per heavy atom. The van der Waals surface area contributed by atoms with Crippen LogP contribution in [0.15, 0.2) is 29.1 Å². The monoisotopic (exact) mass is 396 g/mol. The average Bonchev–Trinajstić information content (AvgIpc) is 2.76. The van der Waals surface area contributed by atoms with Crippen molar-refractivity contribution < 1.29 is 18.9 Å². The largest absolute Gasteiger partial charge is 0.475 e. The SMILES string of the molecule is COC(C)C#Cc1ccc2c(c1)CCn1c-2cc(OC[C@@H]2COCCO2)nc1=O. The van der Waals surface area contributed by atoms with Crippen LogP contribution in [0, 0.1) is 11.8 Å². The number of fused-ring (bicyclic) bond motifs is 3. The fourth-order valence-electron chi connectivity index (χ4n) is 3.41. The van der Waals surface area contributed by atoms with Gasteiger partial charge < -0.3 is 18.9 Å². The molecule has 2 aliphatic heterocycles. The number of benzene rings is 1. The Morgan fingerprint density at radius 2 is 2.24 bits per heavy atom. The van der Waals surface area contributed by atoms with Crippen molar-refractivity contribution in [1.82, 2.24) is 9.55 Å². The van der Waals surface area contributed by atoms with Gasteiger partial charge in [-0.05, 0) is 31.0 Å². The molecule has 0 N–H and O–H groups in total. The van der Waals surface area contributed by atoms with Crippen molar-refractivity contribution in [3.8, 4) is 29.0 Å². The molecule has 2 aliphatic rings. The summed E-state index contributed by atoms with van der Waals surface area (Å²) in [5.74, 6) is 6.51. The minimum Gasteiger partial charge on any atom is -0.475 e. The third kappa shape index (κ3) is 4.51. The Morgan fingerprint density at radius 3 is 3.03 bits per heavy atom. The van der Waals surface area contributed by atoms with E-state index in [1.54, 1.807) is 11.7 Å². The van der Waals surface area contributed by atoms with Crippen LogP contribution in [0.2, 0.25) is 0 Å². The Hall–Kier alpha value is -2.66. The maximum atomic E-state index is 12.5. The molecule has 1 aromatic carbocycles. The van der Waals surface area contributed by atoms with E-state index in [0.29, 0.717) is 38.9 Å². The first-order valence-electron chi connectivity index (χ1n) is 9.75. The highest BCUT2D eigenvalue weighted by atomic mass is 16.6. The normalized spacial score (nSPS) is 18.8.